The molecule has 0 saturated heterocycles. The SMILES string of the molecule is CC1(C(=O)Nc2nc(-c3ccc(S(C)(=O)=O)cc3)cs2)COc2ccccc2O1. The number of amides is 1. The highest BCUT2D eigenvalue weighted by atomic mass is 32.2. The molecule has 1 aliphatic heterocycles. The van der Waals surface area contributed by atoms with Crippen molar-refractivity contribution >= 4 is 32.2 Å². The minimum atomic E-state index is -3.25. The number of hydrogen-bond acceptors (Lipinski definition) is 7. The number of carbonyl (C=O) groups excluding carboxylic acids is 1. The van der Waals surface area contributed by atoms with Crippen LogP contribution in [0, 0.1) is 0 Å². The fraction of sp³-hybridized carbons (Fsp3) is 0.200. The summed E-state index contributed by atoms with van der Waals surface area (Å²) < 4.78 is 34.7. The van der Waals surface area contributed by atoms with Crippen LogP contribution in [0.2, 0.25) is 0 Å². The highest BCUT2D eigenvalue weighted by Crippen LogP contribution is 2.35. The van der Waals surface area contributed by atoms with Gasteiger partial charge < -0.3 is 9.47 Å². The van der Waals surface area contributed by atoms with Gasteiger partial charge in [0.15, 0.2) is 26.5 Å². The first-order valence-corrected chi connectivity index (χ1v) is 11.5. The molecule has 0 bridgehead atoms. The number of rotatable bonds is 4. The fourth-order valence-corrected chi connectivity index (χ4v) is 4.16. The van der Waals surface area contributed by atoms with Crippen molar-refractivity contribution in [3.05, 3.63) is 53.9 Å². The van der Waals surface area contributed by atoms with Crippen LogP contribution >= 0.6 is 11.3 Å². The summed E-state index contributed by atoms with van der Waals surface area (Å²) in [4.78, 5) is 17.5. The van der Waals surface area contributed by atoms with E-state index < -0.39 is 15.4 Å². The third-order valence-corrected chi connectivity index (χ3v) is 6.36. The van der Waals surface area contributed by atoms with Crippen LogP contribution in [-0.2, 0) is 14.6 Å². The molecular weight excluding hydrogens is 412 g/mol. The number of nitrogens with zero attached hydrogens (tertiary/aromatic N) is 1. The summed E-state index contributed by atoms with van der Waals surface area (Å²) in [6, 6.07) is 13.6. The van der Waals surface area contributed by atoms with E-state index in [1.54, 1.807) is 36.6 Å². The quantitative estimate of drug-likeness (QED) is 0.682. The molecular formula is C20H18N2O5S2. The number of anilines is 1. The summed E-state index contributed by atoms with van der Waals surface area (Å²) in [7, 11) is -3.25. The molecule has 1 aromatic heterocycles. The molecule has 0 radical (unpaired) electrons. The number of carbonyl (C=O) groups is 1. The summed E-state index contributed by atoms with van der Waals surface area (Å²) >= 11 is 1.27. The molecule has 7 nitrogen and oxygen atoms in total. The van der Waals surface area contributed by atoms with Crippen molar-refractivity contribution in [2.75, 3.05) is 18.2 Å². The van der Waals surface area contributed by atoms with Crippen LogP contribution in [0.5, 0.6) is 11.5 Å². The van der Waals surface area contributed by atoms with E-state index in [-0.39, 0.29) is 17.4 Å². The Labute approximate surface area is 172 Å². The Hall–Kier alpha value is -2.91. The van der Waals surface area contributed by atoms with E-state index in [0.29, 0.717) is 22.3 Å². The molecule has 0 aliphatic carbocycles. The second kappa shape index (κ2) is 7.16. The number of fused-ring (bicyclic) bond motifs is 1. The van der Waals surface area contributed by atoms with Crippen LogP contribution in [0.25, 0.3) is 11.3 Å². The van der Waals surface area contributed by atoms with E-state index in [1.807, 2.05) is 12.1 Å². The van der Waals surface area contributed by atoms with Crippen molar-refractivity contribution in [1.29, 1.82) is 0 Å². The van der Waals surface area contributed by atoms with Crippen molar-refractivity contribution in [3.8, 4) is 22.8 Å². The lowest BCUT2D eigenvalue weighted by Gasteiger charge is -2.33. The van der Waals surface area contributed by atoms with Crippen molar-refractivity contribution in [2.24, 2.45) is 0 Å². The normalized spacial score (nSPS) is 18.3. The monoisotopic (exact) mass is 430 g/mol. The van der Waals surface area contributed by atoms with Gasteiger partial charge in [0.1, 0.15) is 6.61 Å². The molecule has 1 unspecified atom stereocenters. The standard InChI is InChI=1S/C20H18N2O5S2/c1-20(12-26-16-5-3-4-6-17(16)27-20)18(23)22-19-21-15(11-28-19)13-7-9-14(10-8-13)29(2,24)25/h3-11H,12H2,1-2H3,(H,21,22,23). The molecule has 150 valence electrons. The van der Waals surface area contributed by atoms with E-state index in [1.165, 1.54) is 23.5 Å². The minimum absolute atomic E-state index is 0.0844. The molecule has 0 spiro atoms. The van der Waals surface area contributed by atoms with Crippen molar-refractivity contribution in [1.82, 2.24) is 4.98 Å². The first kappa shape index (κ1) is 19.4. The van der Waals surface area contributed by atoms with Crippen LogP contribution < -0.4 is 14.8 Å². The maximum atomic E-state index is 12.8. The minimum Gasteiger partial charge on any atom is -0.485 e. The molecule has 9 heteroatoms. The Kier molecular flexibility index (Phi) is 4.79. The summed E-state index contributed by atoms with van der Waals surface area (Å²) in [6.07, 6.45) is 1.16. The van der Waals surface area contributed by atoms with E-state index >= 15 is 0 Å². The van der Waals surface area contributed by atoms with Crippen LogP contribution in [0.1, 0.15) is 6.92 Å². The van der Waals surface area contributed by atoms with Gasteiger partial charge in [0.05, 0.1) is 10.6 Å². The van der Waals surface area contributed by atoms with Gasteiger partial charge in [0, 0.05) is 17.2 Å². The molecule has 2 aromatic carbocycles. The van der Waals surface area contributed by atoms with Gasteiger partial charge in [-0.15, -0.1) is 11.3 Å². The first-order chi connectivity index (χ1) is 13.7. The zero-order chi connectivity index (χ0) is 20.6. The Morgan fingerprint density at radius 2 is 1.83 bits per heavy atom. The molecule has 2 heterocycles. The maximum Gasteiger partial charge on any atom is 0.273 e. The zero-order valence-electron chi connectivity index (χ0n) is 15.7. The summed E-state index contributed by atoms with van der Waals surface area (Å²) in [5, 5.41) is 4.99. The summed E-state index contributed by atoms with van der Waals surface area (Å²) in [6.45, 7) is 1.75. The van der Waals surface area contributed by atoms with Gasteiger partial charge in [-0.25, -0.2) is 13.4 Å². The van der Waals surface area contributed by atoms with Crippen LogP contribution in [0.4, 0.5) is 5.13 Å². The lowest BCUT2D eigenvalue weighted by atomic mass is 10.1. The Bertz CT molecular complexity index is 1170. The number of thiazole rings is 1. The average molecular weight is 431 g/mol. The zero-order valence-corrected chi connectivity index (χ0v) is 17.3. The number of aromatic nitrogens is 1. The van der Waals surface area contributed by atoms with Gasteiger partial charge in [-0.3, -0.25) is 10.1 Å². The fourth-order valence-electron chi connectivity index (χ4n) is 2.82. The van der Waals surface area contributed by atoms with Crippen molar-refractivity contribution in [2.45, 2.75) is 17.4 Å². The number of nitrogens with one attached hydrogen (secondary N) is 1. The second-order valence-electron chi connectivity index (χ2n) is 6.86. The number of para-hydroxylation sites is 2. The number of sulfone groups is 1. The van der Waals surface area contributed by atoms with Gasteiger partial charge in [0.25, 0.3) is 5.91 Å². The highest BCUT2D eigenvalue weighted by molar-refractivity contribution is 7.90. The number of hydrogen-bond donors (Lipinski definition) is 1. The Balaban J connectivity index is 1.49. The smallest absolute Gasteiger partial charge is 0.273 e. The third kappa shape index (κ3) is 3.96. The Morgan fingerprint density at radius 1 is 1.14 bits per heavy atom. The molecule has 1 N–H and O–H groups in total. The predicted octanol–water partition coefficient (Wildman–Crippen LogP) is 3.38. The van der Waals surface area contributed by atoms with Gasteiger partial charge in [0.2, 0.25) is 5.60 Å². The van der Waals surface area contributed by atoms with Crippen LogP contribution in [-0.4, -0.2) is 37.8 Å². The summed E-state index contributed by atoms with van der Waals surface area (Å²) in [5.74, 6) is 0.759. The van der Waals surface area contributed by atoms with E-state index in [2.05, 4.69) is 10.3 Å². The number of benzene rings is 2. The molecule has 0 fully saturated rings. The topological polar surface area (TPSA) is 94.6 Å². The lowest BCUT2D eigenvalue weighted by molar-refractivity contribution is -0.134. The predicted molar refractivity (Wildman–Crippen MR) is 110 cm³/mol. The molecule has 1 amide bonds. The van der Waals surface area contributed by atoms with E-state index in [9.17, 15) is 13.2 Å². The van der Waals surface area contributed by atoms with Gasteiger partial charge in [-0.2, -0.15) is 0 Å². The molecule has 1 aliphatic rings. The number of ether oxygens (including phenoxy) is 2. The lowest BCUT2D eigenvalue weighted by Crippen LogP contribution is -2.52. The van der Waals surface area contributed by atoms with Gasteiger partial charge in [-0.1, -0.05) is 24.3 Å². The van der Waals surface area contributed by atoms with Crippen LogP contribution in [0.15, 0.2) is 58.8 Å². The first-order valence-electron chi connectivity index (χ1n) is 8.73. The highest BCUT2D eigenvalue weighted by Gasteiger charge is 2.41. The summed E-state index contributed by atoms with van der Waals surface area (Å²) in [5.41, 5.74) is 0.213. The molecule has 3 aromatic rings. The molecule has 0 saturated carbocycles. The maximum absolute atomic E-state index is 12.8. The Morgan fingerprint density at radius 3 is 2.52 bits per heavy atom. The van der Waals surface area contributed by atoms with Crippen molar-refractivity contribution in [3.63, 3.8) is 0 Å². The molecule has 29 heavy (non-hydrogen) atoms. The molecule has 1 atom stereocenters. The largest absolute Gasteiger partial charge is 0.485 e. The second-order valence-corrected chi connectivity index (χ2v) is 9.73. The third-order valence-electron chi connectivity index (χ3n) is 4.47. The van der Waals surface area contributed by atoms with E-state index in [0.717, 1.165) is 11.8 Å². The van der Waals surface area contributed by atoms with Gasteiger partial charge in [-0.05, 0) is 31.2 Å². The van der Waals surface area contributed by atoms with Gasteiger partial charge >= 0.3 is 0 Å². The average Bonchev–Trinajstić information content (AvgIpc) is 3.16. The van der Waals surface area contributed by atoms with Crippen LogP contribution in [0.3, 0.4) is 0 Å². The van der Waals surface area contributed by atoms with E-state index in [4.69, 9.17) is 9.47 Å². The van der Waals surface area contributed by atoms with Crippen molar-refractivity contribution < 1.29 is 22.7 Å². The molecule has 4 rings (SSSR count).